The number of imidazole rings is 1. The summed E-state index contributed by atoms with van der Waals surface area (Å²) in [4.78, 5) is 43.6. The zero-order chi connectivity index (χ0) is 22.8. The Morgan fingerprint density at radius 2 is 1.88 bits per heavy atom. The van der Waals surface area contributed by atoms with E-state index in [9.17, 15) is 14.4 Å². The average molecular weight is 453 g/mol. The Morgan fingerprint density at radius 3 is 2.56 bits per heavy atom. The second-order valence-electron chi connectivity index (χ2n) is 7.21. The highest BCUT2D eigenvalue weighted by Gasteiger charge is 2.23. The van der Waals surface area contributed by atoms with Gasteiger partial charge in [-0.1, -0.05) is 48.0 Å². The third-order valence-corrected chi connectivity index (χ3v) is 5.42. The van der Waals surface area contributed by atoms with Gasteiger partial charge in [-0.25, -0.2) is 14.3 Å². The molecule has 2 aromatic heterocycles. The molecule has 4 aromatic rings. The van der Waals surface area contributed by atoms with Gasteiger partial charge in [-0.15, -0.1) is 0 Å². The number of ether oxygens (including phenoxy) is 1. The minimum Gasteiger partial charge on any atom is -0.465 e. The van der Waals surface area contributed by atoms with Crippen molar-refractivity contribution in [1.82, 2.24) is 18.7 Å². The number of benzene rings is 2. The summed E-state index contributed by atoms with van der Waals surface area (Å²) in [5.41, 5.74) is 0.426. The van der Waals surface area contributed by atoms with E-state index in [1.165, 1.54) is 20.0 Å². The zero-order valence-corrected chi connectivity index (χ0v) is 18.3. The maximum absolute atomic E-state index is 13.6. The number of rotatable bonds is 6. The summed E-state index contributed by atoms with van der Waals surface area (Å²) in [5.74, 6) is -0.505. The quantitative estimate of drug-likeness (QED) is 0.419. The van der Waals surface area contributed by atoms with E-state index in [4.69, 9.17) is 16.3 Å². The summed E-state index contributed by atoms with van der Waals surface area (Å²) in [5, 5.41) is 0.433. The Morgan fingerprint density at radius 1 is 1.12 bits per heavy atom. The number of carbonyl (C=O) groups is 1. The molecule has 1 unspecified atom stereocenters. The van der Waals surface area contributed by atoms with Gasteiger partial charge in [-0.3, -0.25) is 14.2 Å². The van der Waals surface area contributed by atoms with Crippen molar-refractivity contribution in [3.63, 3.8) is 0 Å². The number of fused-ring (bicyclic) bond motifs is 1. The fourth-order valence-corrected chi connectivity index (χ4v) is 3.87. The minimum absolute atomic E-state index is 0.125. The van der Waals surface area contributed by atoms with Gasteiger partial charge in [0.15, 0.2) is 11.2 Å². The van der Waals surface area contributed by atoms with E-state index in [1.807, 2.05) is 30.3 Å². The van der Waals surface area contributed by atoms with Gasteiger partial charge in [-0.05, 0) is 37.6 Å². The molecule has 0 aliphatic rings. The summed E-state index contributed by atoms with van der Waals surface area (Å²) < 4.78 is 8.94. The Kier molecular flexibility index (Phi) is 5.96. The van der Waals surface area contributed by atoms with E-state index >= 15 is 0 Å². The molecule has 0 bridgehead atoms. The van der Waals surface area contributed by atoms with Crippen LogP contribution in [0.25, 0.3) is 16.9 Å². The number of nitrogens with zero attached hydrogens (tertiary/aromatic N) is 4. The van der Waals surface area contributed by atoms with Crippen LogP contribution in [0.15, 0.2) is 70.5 Å². The minimum atomic E-state index is -0.558. The van der Waals surface area contributed by atoms with E-state index in [2.05, 4.69) is 4.98 Å². The monoisotopic (exact) mass is 452 g/mol. The summed E-state index contributed by atoms with van der Waals surface area (Å²) in [6.07, 6.45) is 1.36. The first-order chi connectivity index (χ1) is 15.4. The molecule has 8 nitrogen and oxygen atoms in total. The molecular weight excluding hydrogens is 432 g/mol. The van der Waals surface area contributed by atoms with Crippen LogP contribution < -0.4 is 11.2 Å². The lowest BCUT2D eigenvalue weighted by molar-refractivity contribution is -0.143. The molecule has 0 saturated carbocycles. The summed E-state index contributed by atoms with van der Waals surface area (Å²) in [7, 11) is 0. The van der Waals surface area contributed by atoms with Crippen molar-refractivity contribution in [3.05, 3.63) is 92.3 Å². The third kappa shape index (κ3) is 3.85. The lowest BCUT2D eigenvalue weighted by Gasteiger charge is -2.18. The Labute approximate surface area is 188 Å². The molecule has 0 amide bonds. The summed E-state index contributed by atoms with van der Waals surface area (Å²) in [6, 6.07) is 15.4. The van der Waals surface area contributed by atoms with Crippen LogP contribution in [0.2, 0.25) is 5.02 Å². The van der Waals surface area contributed by atoms with Crippen LogP contribution in [0.4, 0.5) is 0 Å². The number of halogens is 1. The number of hydrogen-bond acceptors (Lipinski definition) is 5. The van der Waals surface area contributed by atoms with Gasteiger partial charge in [0.2, 0.25) is 0 Å². The van der Waals surface area contributed by atoms with Crippen molar-refractivity contribution in [1.29, 1.82) is 0 Å². The molecular formula is C23H21ClN4O4. The maximum Gasteiger partial charge on any atom is 0.337 e. The van der Waals surface area contributed by atoms with Crippen molar-refractivity contribution in [2.75, 3.05) is 6.61 Å². The lowest BCUT2D eigenvalue weighted by atomic mass is 10.1. The second kappa shape index (κ2) is 8.84. The van der Waals surface area contributed by atoms with Crippen molar-refractivity contribution in [2.45, 2.75) is 26.4 Å². The van der Waals surface area contributed by atoms with E-state index in [0.29, 0.717) is 10.7 Å². The van der Waals surface area contributed by atoms with Gasteiger partial charge in [0.1, 0.15) is 6.54 Å². The number of hydrogen-bond donors (Lipinski definition) is 0. The molecule has 0 aliphatic heterocycles. The van der Waals surface area contributed by atoms with Crippen LogP contribution in [-0.4, -0.2) is 31.3 Å². The molecule has 0 saturated heterocycles. The van der Waals surface area contributed by atoms with E-state index in [1.54, 1.807) is 38.1 Å². The first-order valence-corrected chi connectivity index (χ1v) is 10.5. The molecule has 2 heterocycles. The van der Waals surface area contributed by atoms with Crippen LogP contribution in [0.1, 0.15) is 25.5 Å². The van der Waals surface area contributed by atoms with Gasteiger partial charge in [0.25, 0.3) is 5.56 Å². The van der Waals surface area contributed by atoms with Gasteiger partial charge in [0, 0.05) is 5.02 Å². The van der Waals surface area contributed by atoms with Crippen molar-refractivity contribution in [2.24, 2.45) is 0 Å². The standard InChI is InChI=1S/C23H21ClN4O4/c1-3-32-19(29)13-26-14-25-21-20(26)22(30)27(15(2)16-8-5-4-6-9-16)23(31)28(21)18-11-7-10-17(24)12-18/h4-12,14-15H,3,13H2,1-2H3. The molecule has 0 radical (unpaired) electrons. The fourth-order valence-electron chi connectivity index (χ4n) is 3.69. The molecule has 4 rings (SSSR count). The Balaban J connectivity index is 2.04. The van der Waals surface area contributed by atoms with Gasteiger partial charge >= 0.3 is 11.7 Å². The summed E-state index contributed by atoms with van der Waals surface area (Å²) in [6.45, 7) is 3.49. The smallest absolute Gasteiger partial charge is 0.337 e. The molecule has 0 fully saturated rings. The predicted molar refractivity (Wildman–Crippen MR) is 121 cm³/mol. The van der Waals surface area contributed by atoms with E-state index in [-0.39, 0.29) is 24.3 Å². The number of carbonyl (C=O) groups excluding carboxylic acids is 1. The lowest BCUT2D eigenvalue weighted by Crippen LogP contribution is -2.42. The van der Waals surface area contributed by atoms with Crippen LogP contribution in [0, 0.1) is 0 Å². The van der Waals surface area contributed by atoms with Gasteiger partial charge in [-0.2, -0.15) is 0 Å². The third-order valence-electron chi connectivity index (χ3n) is 5.19. The van der Waals surface area contributed by atoms with Crippen LogP contribution >= 0.6 is 11.6 Å². The SMILES string of the molecule is CCOC(=O)Cn1cnc2c1c(=O)n(C(C)c1ccccc1)c(=O)n2-c1cccc(Cl)c1. The molecule has 0 aliphatic carbocycles. The normalized spacial score (nSPS) is 12.1. The fraction of sp³-hybridized carbons (Fsp3) is 0.217. The predicted octanol–water partition coefficient (Wildman–Crippen LogP) is 3.17. The molecule has 1 atom stereocenters. The highest BCUT2D eigenvalue weighted by molar-refractivity contribution is 6.30. The molecule has 0 N–H and O–H groups in total. The molecule has 9 heteroatoms. The van der Waals surface area contributed by atoms with E-state index in [0.717, 1.165) is 5.56 Å². The molecule has 164 valence electrons. The number of esters is 1. The van der Waals surface area contributed by atoms with Crippen LogP contribution in [0.3, 0.4) is 0 Å². The summed E-state index contributed by atoms with van der Waals surface area (Å²) >= 11 is 6.17. The molecule has 32 heavy (non-hydrogen) atoms. The van der Waals surface area contributed by atoms with Gasteiger partial charge < -0.3 is 9.30 Å². The maximum atomic E-state index is 13.6. The first-order valence-electron chi connectivity index (χ1n) is 10.1. The first kappa shape index (κ1) is 21.6. The highest BCUT2D eigenvalue weighted by Crippen LogP contribution is 2.20. The Hall–Kier alpha value is -3.65. The topological polar surface area (TPSA) is 88.1 Å². The highest BCUT2D eigenvalue weighted by atomic mass is 35.5. The van der Waals surface area contributed by atoms with Crippen molar-refractivity contribution >= 4 is 28.7 Å². The van der Waals surface area contributed by atoms with Crippen molar-refractivity contribution in [3.8, 4) is 5.69 Å². The number of aromatic nitrogens is 4. The zero-order valence-electron chi connectivity index (χ0n) is 17.6. The molecule has 2 aromatic carbocycles. The van der Waals surface area contributed by atoms with Crippen LogP contribution in [0.5, 0.6) is 0 Å². The van der Waals surface area contributed by atoms with Crippen molar-refractivity contribution < 1.29 is 9.53 Å². The average Bonchev–Trinajstić information content (AvgIpc) is 3.18. The van der Waals surface area contributed by atoms with E-state index < -0.39 is 23.3 Å². The largest absolute Gasteiger partial charge is 0.465 e. The van der Waals surface area contributed by atoms with Gasteiger partial charge in [0.05, 0.1) is 24.7 Å². The van der Waals surface area contributed by atoms with Crippen LogP contribution in [-0.2, 0) is 16.1 Å². The second-order valence-corrected chi connectivity index (χ2v) is 7.65. The Bertz CT molecular complexity index is 1410. The molecule has 0 spiro atoms.